The monoisotopic (exact) mass is 366 g/mol. The van der Waals surface area contributed by atoms with E-state index in [4.69, 9.17) is 4.74 Å². The summed E-state index contributed by atoms with van der Waals surface area (Å²) in [6.07, 6.45) is 0.794. The number of benzene rings is 2. The molecule has 1 heterocycles. The normalized spacial score (nSPS) is 12.9. The summed E-state index contributed by atoms with van der Waals surface area (Å²) in [6, 6.07) is 15.0. The Balaban J connectivity index is 1.42. The summed E-state index contributed by atoms with van der Waals surface area (Å²) in [5, 5.41) is 2.50. The van der Waals surface area contributed by atoms with Gasteiger partial charge in [-0.2, -0.15) is 0 Å². The highest BCUT2D eigenvalue weighted by molar-refractivity contribution is 5.96. The Morgan fingerprint density at radius 1 is 1.04 bits per heavy atom. The second-order valence-corrected chi connectivity index (χ2v) is 6.54. The van der Waals surface area contributed by atoms with Gasteiger partial charge in [0.1, 0.15) is 6.54 Å². The highest BCUT2D eigenvalue weighted by atomic mass is 16.5. The van der Waals surface area contributed by atoms with Gasteiger partial charge in [0, 0.05) is 18.7 Å². The molecule has 1 aliphatic heterocycles. The molecule has 0 saturated carbocycles. The molecule has 6 heteroatoms. The Bertz CT molecular complexity index is 846. The second kappa shape index (κ2) is 8.49. The number of hydrogen-bond donors (Lipinski definition) is 1. The largest absolute Gasteiger partial charge is 0.454 e. The van der Waals surface area contributed by atoms with Crippen LogP contribution in [0.25, 0.3) is 0 Å². The Kier molecular flexibility index (Phi) is 5.86. The summed E-state index contributed by atoms with van der Waals surface area (Å²) in [4.78, 5) is 37.7. The number of carbonyl (C=O) groups is 3. The predicted octanol–water partition coefficient (Wildman–Crippen LogP) is 1.85. The lowest BCUT2D eigenvalue weighted by Crippen LogP contribution is -2.39. The topological polar surface area (TPSA) is 75.7 Å². The zero-order valence-electron chi connectivity index (χ0n) is 15.2. The molecule has 0 unspecified atom stereocenters. The maximum absolute atomic E-state index is 12.3. The fourth-order valence-corrected chi connectivity index (χ4v) is 2.95. The molecule has 1 aliphatic rings. The summed E-state index contributed by atoms with van der Waals surface area (Å²) < 4.78 is 5.01. The molecule has 3 rings (SSSR count). The number of nitrogens with one attached hydrogen (secondary N) is 1. The van der Waals surface area contributed by atoms with E-state index in [1.807, 2.05) is 37.3 Å². The SMILES string of the molecule is Cc1ccc(C(=O)NCC(=O)OCC(=O)N2CCc3ccccc3C2)cc1. The average molecular weight is 366 g/mol. The minimum absolute atomic E-state index is 0.234. The summed E-state index contributed by atoms with van der Waals surface area (Å²) >= 11 is 0. The number of ether oxygens (including phenoxy) is 1. The van der Waals surface area contributed by atoms with Crippen LogP contribution in [0.4, 0.5) is 0 Å². The standard InChI is InChI=1S/C21H22N2O4/c1-15-6-8-17(9-7-15)21(26)22-12-20(25)27-14-19(24)23-11-10-16-4-2-3-5-18(16)13-23/h2-9H,10-14H2,1H3,(H,22,26). The molecule has 2 aromatic carbocycles. The molecule has 0 bridgehead atoms. The third kappa shape index (κ3) is 4.94. The fraction of sp³-hybridized carbons (Fsp3) is 0.286. The van der Waals surface area contributed by atoms with Crippen molar-refractivity contribution < 1.29 is 19.1 Å². The third-order valence-electron chi connectivity index (χ3n) is 4.55. The Morgan fingerprint density at radius 2 is 1.74 bits per heavy atom. The van der Waals surface area contributed by atoms with Crippen molar-refractivity contribution in [1.82, 2.24) is 10.2 Å². The average Bonchev–Trinajstić information content (AvgIpc) is 2.70. The van der Waals surface area contributed by atoms with Crippen LogP contribution in [0, 0.1) is 6.92 Å². The summed E-state index contributed by atoms with van der Waals surface area (Å²) in [7, 11) is 0. The lowest BCUT2D eigenvalue weighted by molar-refractivity contribution is -0.151. The van der Waals surface area contributed by atoms with Crippen molar-refractivity contribution >= 4 is 17.8 Å². The van der Waals surface area contributed by atoms with Crippen LogP contribution >= 0.6 is 0 Å². The molecule has 0 aromatic heterocycles. The summed E-state index contributed by atoms with van der Waals surface area (Å²) in [5.74, 6) is -1.23. The molecule has 0 atom stereocenters. The van der Waals surface area contributed by atoms with Gasteiger partial charge in [-0.3, -0.25) is 14.4 Å². The van der Waals surface area contributed by atoms with Crippen molar-refractivity contribution in [3.8, 4) is 0 Å². The molecule has 0 aliphatic carbocycles. The smallest absolute Gasteiger partial charge is 0.325 e. The van der Waals surface area contributed by atoms with Crippen LogP contribution in [-0.4, -0.2) is 42.4 Å². The second-order valence-electron chi connectivity index (χ2n) is 6.54. The molecule has 6 nitrogen and oxygen atoms in total. The van der Waals surface area contributed by atoms with Crippen molar-refractivity contribution in [1.29, 1.82) is 0 Å². The molecule has 27 heavy (non-hydrogen) atoms. The molecule has 0 saturated heterocycles. The number of rotatable bonds is 5. The molecule has 0 fully saturated rings. The molecule has 0 radical (unpaired) electrons. The van der Waals surface area contributed by atoms with Crippen LogP contribution in [0.5, 0.6) is 0 Å². The molecule has 2 aromatic rings. The molecule has 2 amide bonds. The van der Waals surface area contributed by atoms with E-state index in [2.05, 4.69) is 11.4 Å². The van der Waals surface area contributed by atoms with Gasteiger partial charge in [0.25, 0.3) is 11.8 Å². The molecule has 1 N–H and O–H groups in total. The summed E-state index contributed by atoms with van der Waals surface area (Å²) in [5.41, 5.74) is 3.88. The van der Waals surface area contributed by atoms with Crippen molar-refractivity contribution in [2.45, 2.75) is 19.9 Å². The Morgan fingerprint density at radius 3 is 2.48 bits per heavy atom. The molecular formula is C21H22N2O4. The van der Waals surface area contributed by atoms with Gasteiger partial charge in [-0.05, 0) is 36.6 Å². The van der Waals surface area contributed by atoms with E-state index >= 15 is 0 Å². The number of carbonyl (C=O) groups excluding carboxylic acids is 3. The van der Waals surface area contributed by atoms with Gasteiger partial charge in [-0.1, -0.05) is 42.0 Å². The Labute approximate surface area is 158 Å². The first-order chi connectivity index (χ1) is 13.0. The van der Waals surface area contributed by atoms with E-state index in [1.165, 1.54) is 5.56 Å². The van der Waals surface area contributed by atoms with Crippen molar-refractivity contribution in [3.05, 3.63) is 70.8 Å². The van der Waals surface area contributed by atoms with Gasteiger partial charge in [0.05, 0.1) is 0 Å². The first-order valence-electron chi connectivity index (χ1n) is 8.88. The van der Waals surface area contributed by atoms with Crippen molar-refractivity contribution in [2.75, 3.05) is 19.7 Å². The van der Waals surface area contributed by atoms with Crippen LogP contribution in [-0.2, 0) is 27.3 Å². The van der Waals surface area contributed by atoms with Crippen molar-refractivity contribution in [3.63, 3.8) is 0 Å². The molecule has 0 spiro atoms. The van der Waals surface area contributed by atoms with E-state index in [0.717, 1.165) is 17.5 Å². The first kappa shape index (κ1) is 18.6. The van der Waals surface area contributed by atoms with Crippen LogP contribution in [0.3, 0.4) is 0 Å². The van der Waals surface area contributed by atoms with Crippen LogP contribution in [0.1, 0.15) is 27.0 Å². The number of esters is 1. The molecule has 140 valence electrons. The first-order valence-corrected chi connectivity index (χ1v) is 8.88. The molecular weight excluding hydrogens is 344 g/mol. The highest BCUT2D eigenvalue weighted by Gasteiger charge is 2.21. The quantitative estimate of drug-likeness (QED) is 0.820. The van der Waals surface area contributed by atoms with Crippen molar-refractivity contribution in [2.24, 2.45) is 0 Å². The van der Waals surface area contributed by atoms with E-state index < -0.39 is 5.97 Å². The fourth-order valence-electron chi connectivity index (χ4n) is 2.95. The van der Waals surface area contributed by atoms with E-state index in [0.29, 0.717) is 18.7 Å². The van der Waals surface area contributed by atoms with E-state index in [-0.39, 0.29) is 25.0 Å². The van der Waals surface area contributed by atoms with Crippen LogP contribution < -0.4 is 5.32 Å². The van der Waals surface area contributed by atoms with Gasteiger partial charge in [0.15, 0.2) is 6.61 Å². The number of aryl methyl sites for hydroxylation is 1. The maximum atomic E-state index is 12.3. The minimum atomic E-state index is -0.638. The lowest BCUT2D eigenvalue weighted by atomic mass is 10.00. The minimum Gasteiger partial charge on any atom is -0.454 e. The number of hydrogen-bond acceptors (Lipinski definition) is 4. The maximum Gasteiger partial charge on any atom is 0.325 e. The predicted molar refractivity (Wildman–Crippen MR) is 100 cm³/mol. The number of nitrogens with zero attached hydrogens (tertiary/aromatic N) is 1. The van der Waals surface area contributed by atoms with E-state index in [1.54, 1.807) is 17.0 Å². The van der Waals surface area contributed by atoms with E-state index in [9.17, 15) is 14.4 Å². The third-order valence-corrected chi connectivity index (χ3v) is 4.55. The summed E-state index contributed by atoms with van der Waals surface area (Å²) in [6.45, 7) is 2.47. The Hall–Kier alpha value is -3.15. The number of fused-ring (bicyclic) bond motifs is 1. The van der Waals surface area contributed by atoms with Gasteiger partial charge < -0.3 is 15.0 Å². The zero-order chi connectivity index (χ0) is 19.2. The van der Waals surface area contributed by atoms with Gasteiger partial charge in [0.2, 0.25) is 0 Å². The van der Waals surface area contributed by atoms with Gasteiger partial charge >= 0.3 is 5.97 Å². The highest BCUT2D eigenvalue weighted by Crippen LogP contribution is 2.18. The lowest BCUT2D eigenvalue weighted by Gasteiger charge is -2.28. The van der Waals surface area contributed by atoms with Gasteiger partial charge in [-0.15, -0.1) is 0 Å². The number of amides is 2. The van der Waals surface area contributed by atoms with Crippen LogP contribution in [0.15, 0.2) is 48.5 Å². The van der Waals surface area contributed by atoms with Crippen LogP contribution in [0.2, 0.25) is 0 Å². The zero-order valence-corrected chi connectivity index (χ0v) is 15.2. The van der Waals surface area contributed by atoms with Gasteiger partial charge in [-0.25, -0.2) is 0 Å².